The van der Waals surface area contributed by atoms with Crippen molar-refractivity contribution in [2.45, 2.75) is 45.0 Å². The van der Waals surface area contributed by atoms with Crippen molar-refractivity contribution in [3.05, 3.63) is 23.7 Å². The van der Waals surface area contributed by atoms with Gasteiger partial charge in [-0.15, -0.1) is 0 Å². The van der Waals surface area contributed by atoms with E-state index in [-0.39, 0.29) is 31.3 Å². The molecule has 1 rings (SSSR count). The summed E-state index contributed by atoms with van der Waals surface area (Å²) in [5.41, 5.74) is 0. The molecule has 1 unspecified atom stereocenters. The number of carbonyl (C=O) groups excluding carboxylic acids is 1. The molecule has 0 saturated carbocycles. The summed E-state index contributed by atoms with van der Waals surface area (Å²) in [4.78, 5) is 11.9. The number of ether oxygens (including phenoxy) is 4. The van der Waals surface area contributed by atoms with E-state index < -0.39 is 30.9 Å². The predicted molar refractivity (Wildman–Crippen MR) is 88.5 cm³/mol. The monoisotopic (exact) mass is 360 g/mol. The Morgan fingerprint density at radius 2 is 2.04 bits per heavy atom. The van der Waals surface area contributed by atoms with Crippen LogP contribution in [0.1, 0.15) is 26.7 Å². The molecule has 0 fully saturated rings. The maximum Gasteiger partial charge on any atom is 0.378 e. The average Bonchev–Trinajstić information content (AvgIpc) is 2.92. The molecular weight excluding hydrogens is 332 g/mol. The van der Waals surface area contributed by atoms with Crippen molar-refractivity contribution in [3.63, 3.8) is 0 Å². The lowest BCUT2D eigenvalue weighted by Gasteiger charge is -2.20. The lowest BCUT2D eigenvalue weighted by molar-refractivity contribution is -0.148. The maximum atomic E-state index is 11.9. The second-order valence-electron chi connectivity index (χ2n) is 5.54. The van der Waals surface area contributed by atoms with E-state index in [0.29, 0.717) is 6.61 Å². The minimum absolute atomic E-state index is 0.0383. The summed E-state index contributed by atoms with van der Waals surface area (Å²) < 4.78 is 21.1. The Morgan fingerprint density at radius 1 is 1.28 bits per heavy atom. The first kappa shape index (κ1) is 21.4. The normalized spacial score (nSPS) is 20.0. The Labute approximate surface area is 147 Å². The molecule has 1 heterocycles. The molecule has 1 aliphatic heterocycles. The molecule has 8 heteroatoms. The topological polar surface area (TPSA) is 115 Å². The first-order chi connectivity index (χ1) is 12.0. The van der Waals surface area contributed by atoms with Gasteiger partial charge in [0, 0.05) is 6.61 Å². The second kappa shape index (κ2) is 11.9. The van der Waals surface area contributed by atoms with Crippen molar-refractivity contribution >= 4 is 5.97 Å². The van der Waals surface area contributed by atoms with Crippen LogP contribution in [-0.2, 0) is 23.7 Å². The van der Waals surface area contributed by atoms with Crippen molar-refractivity contribution < 1.29 is 39.1 Å². The van der Waals surface area contributed by atoms with Crippen LogP contribution in [0.3, 0.4) is 0 Å². The number of rotatable bonds is 13. The molecule has 0 aromatic heterocycles. The van der Waals surface area contributed by atoms with E-state index in [2.05, 4.69) is 0 Å². The largest absolute Gasteiger partial charge is 0.487 e. The van der Waals surface area contributed by atoms with Crippen LogP contribution < -0.4 is 0 Å². The molecule has 1 aliphatic rings. The predicted octanol–water partition coefficient (Wildman–Crippen LogP) is 0.263. The summed E-state index contributed by atoms with van der Waals surface area (Å²) in [7, 11) is 0. The Morgan fingerprint density at radius 3 is 2.68 bits per heavy atom. The summed E-state index contributed by atoms with van der Waals surface area (Å²) in [6.07, 6.45) is 1.89. The first-order valence-corrected chi connectivity index (χ1v) is 8.41. The number of allylic oxidation sites excluding steroid dienone is 1. The molecule has 0 spiro atoms. The number of cyclic esters (lactones) is 1. The van der Waals surface area contributed by atoms with Crippen LogP contribution >= 0.6 is 0 Å². The van der Waals surface area contributed by atoms with E-state index in [9.17, 15) is 15.0 Å². The molecule has 0 aliphatic carbocycles. The van der Waals surface area contributed by atoms with Gasteiger partial charge in [-0.1, -0.05) is 25.5 Å². The Kier molecular flexibility index (Phi) is 10.2. The fourth-order valence-corrected chi connectivity index (χ4v) is 2.01. The highest BCUT2D eigenvalue weighted by Gasteiger charge is 2.42. The van der Waals surface area contributed by atoms with Crippen LogP contribution in [0, 0.1) is 0 Å². The van der Waals surface area contributed by atoms with E-state index in [1.165, 1.54) is 0 Å². The lowest BCUT2D eigenvalue weighted by Crippen LogP contribution is -2.33. The van der Waals surface area contributed by atoms with Crippen LogP contribution in [0.25, 0.3) is 0 Å². The summed E-state index contributed by atoms with van der Waals surface area (Å²) in [5.74, 6) is -0.996. The third-order valence-corrected chi connectivity index (χ3v) is 3.38. The fraction of sp³-hybridized carbons (Fsp3) is 0.706. The van der Waals surface area contributed by atoms with Gasteiger partial charge in [-0.25, -0.2) is 4.79 Å². The van der Waals surface area contributed by atoms with Gasteiger partial charge >= 0.3 is 5.97 Å². The number of aliphatic hydroxyl groups is 3. The van der Waals surface area contributed by atoms with Crippen molar-refractivity contribution in [1.82, 2.24) is 0 Å². The Bertz CT molecular complexity index is 460. The van der Waals surface area contributed by atoms with Crippen LogP contribution in [0.5, 0.6) is 0 Å². The smallest absolute Gasteiger partial charge is 0.378 e. The van der Waals surface area contributed by atoms with Gasteiger partial charge in [-0.3, -0.25) is 0 Å². The summed E-state index contributed by atoms with van der Waals surface area (Å²) in [5, 5.41) is 28.8. The Hall–Kier alpha value is -1.61. The number of aliphatic hydroxyl groups excluding tert-OH is 3. The zero-order chi connectivity index (χ0) is 18.7. The van der Waals surface area contributed by atoms with Crippen molar-refractivity contribution in [1.29, 1.82) is 0 Å². The van der Waals surface area contributed by atoms with Gasteiger partial charge in [-0.05, 0) is 13.3 Å². The summed E-state index contributed by atoms with van der Waals surface area (Å²) in [6, 6.07) is 0. The maximum absolute atomic E-state index is 11.9. The lowest BCUT2D eigenvalue weighted by atomic mass is 10.2. The minimum atomic E-state index is -1.35. The molecule has 8 nitrogen and oxygen atoms in total. The molecule has 0 radical (unpaired) electrons. The minimum Gasteiger partial charge on any atom is -0.487 e. The van der Waals surface area contributed by atoms with Crippen LogP contribution in [0.15, 0.2) is 23.7 Å². The number of unbranched alkanes of at least 4 members (excludes halogenated alkanes) is 1. The van der Waals surface area contributed by atoms with Gasteiger partial charge < -0.3 is 34.3 Å². The highest BCUT2D eigenvalue weighted by atomic mass is 16.6. The van der Waals surface area contributed by atoms with Gasteiger partial charge in [0.15, 0.2) is 11.9 Å². The molecule has 3 atom stereocenters. The highest BCUT2D eigenvalue weighted by molar-refractivity contribution is 5.89. The van der Waals surface area contributed by atoms with Gasteiger partial charge in [0.2, 0.25) is 5.76 Å². The number of esters is 1. The molecule has 0 saturated heterocycles. The fourth-order valence-electron chi connectivity index (χ4n) is 2.01. The highest BCUT2D eigenvalue weighted by Crippen LogP contribution is 2.27. The van der Waals surface area contributed by atoms with Gasteiger partial charge in [0.05, 0.1) is 13.2 Å². The van der Waals surface area contributed by atoms with Crippen molar-refractivity contribution in [2.24, 2.45) is 0 Å². The number of hydrogen-bond donors (Lipinski definition) is 3. The summed E-state index contributed by atoms with van der Waals surface area (Å²) >= 11 is 0. The van der Waals surface area contributed by atoms with E-state index in [1.54, 1.807) is 19.1 Å². The molecule has 0 bridgehead atoms. The van der Waals surface area contributed by atoms with Crippen LogP contribution in [0.4, 0.5) is 0 Å². The third-order valence-electron chi connectivity index (χ3n) is 3.38. The standard InChI is InChI=1S/C17H28O8/c1-3-5-7-22-10-12(19)11-24-15-14(13(20)9-18)25-17(21)16(15)23-8-6-4-2/h4,6,12-14,18-20H,3,5,7-11H2,1-2H3/b6-4+/t12?,13-,14+/m0/s1. The molecule has 25 heavy (non-hydrogen) atoms. The molecular formula is C17H28O8. The summed E-state index contributed by atoms with van der Waals surface area (Å²) in [6.45, 7) is 3.81. The van der Waals surface area contributed by atoms with Gasteiger partial charge in [0.1, 0.15) is 25.4 Å². The molecule has 3 N–H and O–H groups in total. The molecule has 144 valence electrons. The van der Waals surface area contributed by atoms with Gasteiger partial charge in [0.25, 0.3) is 0 Å². The number of hydrogen-bond acceptors (Lipinski definition) is 8. The molecule has 0 aromatic carbocycles. The molecule has 0 amide bonds. The van der Waals surface area contributed by atoms with E-state index in [0.717, 1.165) is 12.8 Å². The van der Waals surface area contributed by atoms with E-state index >= 15 is 0 Å². The van der Waals surface area contributed by atoms with Gasteiger partial charge in [-0.2, -0.15) is 0 Å². The Balaban J connectivity index is 2.69. The number of carbonyl (C=O) groups is 1. The van der Waals surface area contributed by atoms with Crippen LogP contribution in [0.2, 0.25) is 0 Å². The average molecular weight is 360 g/mol. The second-order valence-corrected chi connectivity index (χ2v) is 5.54. The van der Waals surface area contributed by atoms with E-state index in [1.807, 2.05) is 6.92 Å². The quantitative estimate of drug-likeness (QED) is 0.243. The first-order valence-electron chi connectivity index (χ1n) is 8.41. The van der Waals surface area contributed by atoms with Crippen molar-refractivity contribution in [2.75, 3.05) is 33.0 Å². The third kappa shape index (κ3) is 7.03. The van der Waals surface area contributed by atoms with E-state index in [4.69, 9.17) is 24.1 Å². The molecule has 0 aromatic rings. The zero-order valence-electron chi connectivity index (χ0n) is 14.7. The van der Waals surface area contributed by atoms with Crippen LogP contribution in [-0.4, -0.2) is 72.6 Å². The zero-order valence-corrected chi connectivity index (χ0v) is 14.7. The van der Waals surface area contributed by atoms with Crippen molar-refractivity contribution in [3.8, 4) is 0 Å². The SMILES string of the molecule is C/C=C/COC1=C(OCC(O)COCCCC)[C@@H]([C@@H](O)CO)OC1=O.